The van der Waals surface area contributed by atoms with E-state index in [1.807, 2.05) is 73.3 Å². The van der Waals surface area contributed by atoms with Gasteiger partial charge < -0.3 is 39.6 Å². The molecule has 4 aromatic rings. The summed E-state index contributed by atoms with van der Waals surface area (Å²) in [4.78, 5) is 11.3. The first-order valence-corrected chi connectivity index (χ1v) is 13.3. The number of ether oxygens (including phenoxy) is 1. The van der Waals surface area contributed by atoms with Crippen LogP contribution in [-0.2, 0) is 15.0 Å². The summed E-state index contributed by atoms with van der Waals surface area (Å²) in [6.45, 7) is 6.32. The first-order valence-electron chi connectivity index (χ1n) is 13.3. The van der Waals surface area contributed by atoms with E-state index >= 15 is 0 Å². The van der Waals surface area contributed by atoms with Gasteiger partial charge in [0.05, 0.1) is 42.7 Å². The molecule has 1 saturated heterocycles. The molecule has 0 unspecified atom stereocenters. The van der Waals surface area contributed by atoms with Crippen LogP contribution in [0.15, 0.2) is 65.3 Å². The maximum absolute atomic E-state index is 10.2. The number of morpholine rings is 1. The Balaban J connectivity index is 1.33. The van der Waals surface area contributed by atoms with Crippen molar-refractivity contribution >= 4 is 35.7 Å². The molecule has 0 bridgehead atoms. The Kier molecular flexibility index (Phi) is 7.15. The highest BCUT2D eigenvalue weighted by Crippen LogP contribution is 2.35. The van der Waals surface area contributed by atoms with Crippen molar-refractivity contribution in [3.63, 3.8) is 0 Å². The molecule has 0 saturated carbocycles. The van der Waals surface area contributed by atoms with Crippen LogP contribution in [0.2, 0.25) is 0 Å². The standard InChI is InChI=1S/C28H31BN6O5/c1-28(2)21-14-19(8-9-22(21)29(37)40-28)31-25-15-23(32-24(17-36)18-6-4-3-5-7-18)20(16-30-25)26-33-27(34-39-26)35-10-12-38-13-11-35/h3-9,14-16,24,36-37H,10-13,17H2,1-2H3,(H2,30,31,32)/t24-/m1/s1. The summed E-state index contributed by atoms with van der Waals surface area (Å²) < 4.78 is 16.8. The van der Waals surface area contributed by atoms with E-state index in [0.717, 1.165) is 22.3 Å². The lowest BCUT2D eigenvalue weighted by molar-refractivity contribution is 0.101. The number of aromatic nitrogens is 3. The van der Waals surface area contributed by atoms with Gasteiger partial charge in [-0.2, -0.15) is 4.98 Å². The maximum atomic E-state index is 10.2. The second kappa shape index (κ2) is 10.9. The summed E-state index contributed by atoms with van der Waals surface area (Å²) in [7, 11) is -0.947. The van der Waals surface area contributed by atoms with Gasteiger partial charge in [0.2, 0.25) is 0 Å². The van der Waals surface area contributed by atoms with E-state index in [0.29, 0.717) is 55.2 Å². The number of hydrogen-bond acceptors (Lipinski definition) is 11. The van der Waals surface area contributed by atoms with Crippen LogP contribution in [0.4, 0.5) is 23.1 Å². The molecule has 2 aliphatic heterocycles. The van der Waals surface area contributed by atoms with Gasteiger partial charge in [-0.25, -0.2) is 4.98 Å². The van der Waals surface area contributed by atoms with E-state index in [1.54, 1.807) is 6.20 Å². The monoisotopic (exact) mass is 542 g/mol. The summed E-state index contributed by atoms with van der Waals surface area (Å²) in [6.07, 6.45) is 1.67. The van der Waals surface area contributed by atoms with Crippen molar-refractivity contribution in [2.75, 3.05) is 48.4 Å². The fourth-order valence-corrected chi connectivity index (χ4v) is 5.06. The summed E-state index contributed by atoms with van der Waals surface area (Å²) >= 11 is 0. The van der Waals surface area contributed by atoms with E-state index < -0.39 is 12.7 Å². The van der Waals surface area contributed by atoms with Crippen molar-refractivity contribution in [2.24, 2.45) is 0 Å². The molecule has 0 aliphatic carbocycles. The second-order valence-corrected chi connectivity index (χ2v) is 10.3. The Morgan fingerprint density at radius 3 is 2.67 bits per heavy atom. The molecular weight excluding hydrogens is 511 g/mol. The molecule has 0 spiro atoms. The maximum Gasteiger partial charge on any atom is 0.492 e. The average Bonchev–Trinajstić information content (AvgIpc) is 3.55. The van der Waals surface area contributed by atoms with E-state index in [2.05, 4.69) is 25.8 Å². The fraction of sp³-hybridized carbons (Fsp3) is 0.321. The van der Waals surface area contributed by atoms with E-state index in [-0.39, 0.29) is 12.6 Å². The minimum Gasteiger partial charge on any atom is -0.423 e. The lowest BCUT2D eigenvalue weighted by Gasteiger charge is -2.24. The van der Waals surface area contributed by atoms with E-state index in [4.69, 9.17) is 13.9 Å². The van der Waals surface area contributed by atoms with Crippen molar-refractivity contribution in [3.05, 3.63) is 71.9 Å². The van der Waals surface area contributed by atoms with Crippen LogP contribution in [0.25, 0.3) is 11.5 Å². The van der Waals surface area contributed by atoms with Crippen LogP contribution < -0.4 is 21.0 Å². The molecule has 4 N–H and O–H groups in total. The van der Waals surface area contributed by atoms with Gasteiger partial charge in [0.1, 0.15) is 5.82 Å². The van der Waals surface area contributed by atoms with Crippen molar-refractivity contribution in [3.8, 4) is 11.5 Å². The molecule has 2 aliphatic rings. The Hall–Kier alpha value is -3.97. The molecule has 6 rings (SSSR count). The van der Waals surface area contributed by atoms with E-state index in [9.17, 15) is 10.1 Å². The number of hydrogen-bond donors (Lipinski definition) is 4. The Morgan fingerprint density at radius 1 is 1.10 bits per heavy atom. The zero-order valence-corrected chi connectivity index (χ0v) is 22.4. The second-order valence-electron chi connectivity index (χ2n) is 10.3. The van der Waals surface area contributed by atoms with Crippen molar-refractivity contribution < 1.29 is 24.0 Å². The Bertz CT molecular complexity index is 1480. The minimum atomic E-state index is -0.947. The highest BCUT2D eigenvalue weighted by atomic mass is 16.5. The van der Waals surface area contributed by atoms with Gasteiger partial charge in [-0.15, -0.1) is 0 Å². The van der Waals surface area contributed by atoms with Crippen molar-refractivity contribution in [2.45, 2.75) is 25.5 Å². The quantitative estimate of drug-likeness (QED) is 0.245. The molecular formula is C28H31BN6O5. The molecule has 4 heterocycles. The van der Waals surface area contributed by atoms with Crippen LogP contribution in [0.1, 0.15) is 31.0 Å². The van der Waals surface area contributed by atoms with Gasteiger partial charge in [0, 0.05) is 31.0 Å². The van der Waals surface area contributed by atoms with Crippen molar-refractivity contribution in [1.29, 1.82) is 0 Å². The van der Waals surface area contributed by atoms with Crippen LogP contribution in [0, 0.1) is 0 Å². The molecule has 12 heteroatoms. The van der Waals surface area contributed by atoms with Gasteiger partial charge in [0.15, 0.2) is 0 Å². The molecule has 11 nitrogen and oxygen atoms in total. The first kappa shape index (κ1) is 26.3. The third kappa shape index (κ3) is 5.26. The molecule has 1 atom stereocenters. The topological polar surface area (TPSA) is 138 Å². The smallest absolute Gasteiger partial charge is 0.423 e. The molecule has 0 amide bonds. The molecule has 40 heavy (non-hydrogen) atoms. The van der Waals surface area contributed by atoms with Crippen LogP contribution >= 0.6 is 0 Å². The van der Waals surface area contributed by atoms with Gasteiger partial charge in [-0.1, -0.05) is 36.4 Å². The first-order chi connectivity index (χ1) is 19.4. The number of nitrogens with one attached hydrogen (secondary N) is 2. The summed E-state index contributed by atoms with van der Waals surface area (Å²) in [6, 6.07) is 16.9. The largest absolute Gasteiger partial charge is 0.492 e. The summed E-state index contributed by atoms with van der Waals surface area (Å²) in [5.41, 5.74) is 4.05. The SMILES string of the molecule is CC1(C)OB(O)c2ccc(Nc3cc(N[C@H](CO)c4ccccc4)c(-c4nc(N5CCOCC5)no4)cn3)cc21. The molecule has 2 aromatic heterocycles. The highest BCUT2D eigenvalue weighted by molar-refractivity contribution is 6.62. The van der Waals surface area contributed by atoms with E-state index in [1.165, 1.54) is 0 Å². The number of fused-ring (bicyclic) bond motifs is 1. The predicted octanol–water partition coefficient (Wildman–Crippen LogP) is 2.81. The average molecular weight is 542 g/mol. The number of nitrogens with zero attached hydrogens (tertiary/aromatic N) is 4. The molecule has 1 fully saturated rings. The summed E-state index contributed by atoms with van der Waals surface area (Å²) in [5, 5.41) is 31.5. The normalized spacial score (nSPS) is 17.0. The van der Waals surface area contributed by atoms with Crippen molar-refractivity contribution in [1.82, 2.24) is 15.1 Å². The van der Waals surface area contributed by atoms with Crippen LogP contribution in [0.5, 0.6) is 0 Å². The number of rotatable bonds is 8. The highest BCUT2D eigenvalue weighted by Gasteiger charge is 2.40. The zero-order chi connectivity index (χ0) is 27.7. The number of aliphatic hydroxyl groups is 1. The minimum absolute atomic E-state index is 0.125. The number of pyridine rings is 1. The van der Waals surface area contributed by atoms with Gasteiger partial charge in [-0.05, 0) is 47.7 Å². The fourth-order valence-electron chi connectivity index (χ4n) is 5.06. The molecule has 2 aromatic carbocycles. The lowest BCUT2D eigenvalue weighted by atomic mass is 9.78. The van der Waals surface area contributed by atoms with Crippen LogP contribution in [0.3, 0.4) is 0 Å². The van der Waals surface area contributed by atoms with Gasteiger partial charge in [-0.3, -0.25) is 0 Å². The zero-order valence-electron chi connectivity index (χ0n) is 22.4. The lowest BCUT2D eigenvalue weighted by Crippen LogP contribution is -2.36. The van der Waals surface area contributed by atoms with Gasteiger partial charge >= 0.3 is 7.12 Å². The molecule has 206 valence electrons. The third-order valence-corrected chi connectivity index (χ3v) is 7.20. The number of aliphatic hydroxyl groups excluding tert-OH is 1. The summed E-state index contributed by atoms with van der Waals surface area (Å²) in [5.74, 6) is 1.39. The predicted molar refractivity (Wildman–Crippen MR) is 152 cm³/mol. The Labute approximate surface area is 232 Å². The van der Waals surface area contributed by atoms with Crippen LogP contribution in [-0.4, -0.2) is 65.3 Å². The van der Waals surface area contributed by atoms with Gasteiger partial charge in [0.25, 0.3) is 11.8 Å². The Morgan fingerprint density at radius 2 is 1.90 bits per heavy atom. The number of anilines is 4. The molecule has 0 radical (unpaired) electrons. The number of benzene rings is 2. The third-order valence-electron chi connectivity index (χ3n) is 7.20.